The molecule has 0 aliphatic heterocycles. The summed E-state index contributed by atoms with van der Waals surface area (Å²) in [6, 6.07) is 9.40. The molecule has 0 aromatic heterocycles. The van der Waals surface area contributed by atoms with Crippen LogP contribution in [0, 0.1) is 46.6 Å². The Morgan fingerprint density at radius 2 is 1.19 bits per heavy atom. The van der Waals surface area contributed by atoms with E-state index in [1.165, 1.54) is 44.2 Å². The van der Waals surface area contributed by atoms with Crippen LogP contribution in [0.15, 0.2) is 60.7 Å². The Hall–Kier alpha value is -3.95. The molecule has 1 nitrogen and oxygen atoms in total. The van der Waals surface area contributed by atoms with E-state index in [-0.39, 0.29) is 34.7 Å². The van der Waals surface area contributed by atoms with E-state index in [2.05, 4.69) is 11.7 Å². The van der Waals surface area contributed by atoms with Crippen LogP contribution in [0.4, 0.5) is 39.5 Å². The minimum absolute atomic E-state index is 0.0883. The minimum Gasteiger partial charge on any atom is -0.429 e. The number of hydrogen-bond acceptors (Lipinski definition) is 1. The molecule has 0 N–H and O–H groups in total. The maximum absolute atomic E-state index is 15.3. The van der Waals surface area contributed by atoms with Crippen molar-refractivity contribution in [1.29, 1.82) is 0 Å². The summed E-state index contributed by atoms with van der Waals surface area (Å²) in [7, 11) is 0. The van der Waals surface area contributed by atoms with Gasteiger partial charge in [-0.1, -0.05) is 63.3 Å². The number of benzene rings is 4. The third-order valence-electron chi connectivity index (χ3n) is 8.90. The molecule has 0 spiro atoms. The van der Waals surface area contributed by atoms with Crippen molar-refractivity contribution in [2.24, 2.45) is 5.92 Å². The van der Waals surface area contributed by atoms with Crippen LogP contribution in [-0.4, -0.2) is 0 Å². The Kier molecular flexibility index (Phi) is 10.6. The summed E-state index contributed by atoms with van der Waals surface area (Å²) in [5.41, 5.74) is -1.53. The van der Waals surface area contributed by atoms with Gasteiger partial charge in [-0.15, -0.1) is 0 Å². The predicted molar refractivity (Wildman–Crippen MR) is 161 cm³/mol. The smallest absolute Gasteiger partial charge is 0.429 e. The molecule has 250 valence electrons. The Bertz CT molecular complexity index is 1680. The van der Waals surface area contributed by atoms with Gasteiger partial charge in [0.25, 0.3) is 0 Å². The molecular formula is C37H33F9O. The molecular weight excluding hydrogens is 631 g/mol. The Balaban J connectivity index is 1.30. The second-order valence-corrected chi connectivity index (χ2v) is 12.1. The zero-order valence-electron chi connectivity index (χ0n) is 25.6. The van der Waals surface area contributed by atoms with Gasteiger partial charge < -0.3 is 4.74 Å². The van der Waals surface area contributed by atoms with Crippen molar-refractivity contribution in [2.45, 2.75) is 76.7 Å². The summed E-state index contributed by atoms with van der Waals surface area (Å²) in [6.45, 7) is 2.19. The van der Waals surface area contributed by atoms with Gasteiger partial charge >= 0.3 is 6.11 Å². The summed E-state index contributed by atoms with van der Waals surface area (Å²) in [6.07, 6.45) is 5.57. The molecule has 10 heteroatoms. The van der Waals surface area contributed by atoms with E-state index in [0.717, 1.165) is 43.4 Å². The van der Waals surface area contributed by atoms with Crippen LogP contribution in [0.5, 0.6) is 5.75 Å². The Morgan fingerprint density at radius 1 is 0.617 bits per heavy atom. The molecule has 5 rings (SSSR count). The van der Waals surface area contributed by atoms with Crippen molar-refractivity contribution in [3.05, 3.63) is 113 Å². The van der Waals surface area contributed by atoms with Gasteiger partial charge in [-0.05, 0) is 78.5 Å². The first-order valence-electron chi connectivity index (χ1n) is 15.7. The van der Waals surface area contributed by atoms with Gasteiger partial charge in [-0.2, -0.15) is 8.78 Å². The van der Waals surface area contributed by atoms with Gasteiger partial charge in [0.05, 0.1) is 0 Å². The van der Waals surface area contributed by atoms with Crippen molar-refractivity contribution in [3.8, 4) is 28.0 Å². The number of ether oxygens (including phenoxy) is 1. The van der Waals surface area contributed by atoms with E-state index in [4.69, 9.17) is 0 Å². The van der Waals surface area contributed by atoms with E-state index in [1.807, 2.05) is 6.07 Å². The molecule has 4 aromatic rings. The quantitative estimate of drug-likeness (QED) is 0.0881. The second kappa shape index (κ2) is 14.4. The van der Waals surface area contributed by atoms with Gasteiger partial charge in [-0.3, -0.25) is 0 Å². The van der Waals surface area contributed by atoms with Crippen LogP contribution in [0.3, 0.4) is 0 Å². The van der Waals surface area contributed by atoms with Crippen LogP contribution >= 0.6 is 0 Å². The molecule has 47 heavy (non-hydrogen) atoms. The molecule has 0 amide bonds. The fraction of sp³-hybridized carbons (Fsp3) is 0.351. The highest BCUT2D eigenvalue weighted by atomic mass is 19.3. The highest BCUT2D eigenvalue weighted by Gasteiger charge is 2.41. The molecule has 0 saturated heterocycles. The molecule has 1 aliphatic carbocycles. The van der Waals surface area contributed by atoms with Gasteiger partial charge in [0.2, 0.25) is 0 Å². The molecule has 1 fully saturated rings. The summed E-state index contributed by atoms with van der Waals surface area (Å²) in [5, 5.41) is 0. The average molecular weight is 665 g/mol. The second-order valence-electron chi connectivity index (χ2n) is 12.1. The minimum atomic E-state index is -4.79. The largest absolute Gasteiger partial charge is 0.432 e. The monoisotopic (exact) mass is 664 g/mol. The van der Waals surface area contributed by atoms with E-state index in [0.29, 0.717) is 18.1 Å². The molecule has 0 heterocycles. The molecule has 0 bridgehead atoms. The average Bonchev–Trinajstić information content (AvgIpc) is 3.01. The fourth-order valence-corrected chi connectivity index (χ4v) is 6.38. The standard InChI is InChI=1S/C37H33F9O/c1-2-3-4-5-6-21-7-9-22(10-8-21)23-11-13-27(29(38)15-23)24-12-14-28(30(39)16-24)25-17-31(40)35(32(41)18-25)37(45,46)47-26-19-33(42)36(44)34(43)20-26/h11-22H,2-10H2,1H3. The predicted octanol–water partition coefficient (Wildman–Crippen LogP) is 12.4. The summed E-state index contributed by atoms with van der Waals surface area (Å²) in [4.78, 5) is 0. The first-order chi connectivity index (χ1) is 22.4. The van der Waals surface area contributed by atoms with Crippen molar-refractivity contribution in [3.63, 3.8) is 0 Å². The number of halogens is 9. The van der Waals surface area contributed by atoms with Crippen molar-refractivity contribution in [2.75, 3.05) is 0 Å². The van der Waals surface area contributed by atoms with Crippen LogP contribution in [0.1, 0.15) is 81.8 Å². The Labute approximate surface area is 267 Å². The lowest BCUT2D eigenvalue weighted by molar-refractivity contribution is -0.189. The third kappa shape index (κ3) is 7.79. The van der Waals surface area contributed by atoms with Gasteiger partial charge in [-0.25, -0.2) is 30.7 Å². The first-order valence-corrected chi connectivity index (χ1v) is 15.7. The molecule has 0 unspecified atom stereocenters. The number of unbranched alkanes of at least 4 members (excludes halogenated alkanes) is 3. The van der Waals surface area contributed by atoms with Gasteiger partial charge in [0.1, 0.15) is 34.6 Å². The normalized spacial score (nSPS) is 16.8. The topological polar surface area (TPSA) is 9.23 Å². The Morgan fingerprint density at radius 3 is 1.79 bits per heavy atom. The van der Waals surface area contributed by atoms with Gasteiger partial charge in [0, 0.05) is 23.3 Å². The van der Waals surface area contributed by atoms with Crippen molar-refractivity contribution >= 4 is 0 Å². The molecule has 4 aromatic carbocycles. The highest BCUT2D eigenvalue weighted by molar-refractivity contribution is 5.72. The molecule has 1 saturated carbocycles. The van der Waals surface area contributed by atoms with E-state index >= 15 is 8.78 Å². The van der Waals surface area contributed by atoms with E-state index < -0.39 is 63.7 Å². The lowest BCUT2D eigenvalue weighted by Gasteiger charge is -2.29. The molecule has 1 aliphatic rings. The SMILES string of the molecule is CCCCCCC1CCC(c2ccc(-c3ccc(-c4cc(F)c(C(F)(F)Oc5cc(F)c(F)c(F)c5)c(F)c4)c(F)c3)c(F)c2)CC1. The van der Waals surface area contributed by atoms with Crippen LogP contribution in [0.25, 0.3) is 22.3 Å². The lowest BCUT2D eigenvalue weighted by atomic mass is 9.77. The number of hydrogen-bond donors (Lipinski definition) is 0. The maximum atomic E-state index is 15.3. The number of rotatable bonds is 11. The number of alkyl halides is 2. The first kappa shape index (κ1) is 34.4. The molecule has 0 atom stereocenters. The molecule has 0 radical (unpaired) electrons. The highest BCUT2D eigenvalue weighted by Crippen LogP contribution is 2.41. The van der Waals surface area contributed by atoms with Gasteiger partial charge in [0.15, 0.2) is 17.5 Å². The van der Waals surface area contributed by atoms with Crippen molar-refractivity contribution < 1.29 is 44.3 Å². The zero-order valence-corrected chi connectivity index (χ0v) is 25.6. The zero-order chi connectivity index (χ0) is 33.9. The van der Waals surface area contributed by atoms with E-state index in [1.54, 1.807) is 6.07 Å². The summed E-state index contributed by atoms with van der Waals surface area (Å²) >= 11 is 0. The third-order valence-corrected chi connectivity index (χ3v) is 8.90. The lowest BCUT2D eigenvalue weighted by Crippen LogP contribution is -2.25. The van der Waals surface area contributed by atoms with Crippen LogP contribution in [-0.2, 0) is 6.11 Å². The van der Waals surface area contributed by atoms with E-state index in [9.17, 15) is 30.7 Å². The van der Waals surface area contributed by atoms with Crippen molar-refractivity contribution in [1.82, 2.24) is 0 Å². The summed E-state index contributed by atoms with van der Waals surface area (Å²) in [5.74, 6) is -11.2. The maximum Gasteiger partial charge on any atom is 0.432 e. The summed E-state index contributed by atoms with van der Waals surface area (Å²) < 4.78 is 134. The van der Waals surface area contributed by atoms with Crippen LogP contribution < -0.4 is 4.74 Å². The fourth-order valence-electron chi connectivity index (χ4n) is 6.38. The van der Waals surface area contributed by atoms with Crippen LogP contribution in [0.2, 0.25) is 0 Å².